The summed E-state index contributed by atoms with van der Waals surface area (Å²) in [6.45, 7) is 11.6. The van der Waals surface area contributed by atoms with Gasteiger partial charge in [0, 0.05) is 38.9 Å². The molecule has 0 saturated heterocycles. The van der Waals surface area contributed by atoms with Crippen molar-refractivity contribution in [3.05, 3.63) is 228 Å². The molecule has 73 heavy (non-hydrogen) atoms. The number of unbranched alkanes of at least 4 members (excludes halogenated alkanes) is 9. The normalized spacial score (nSPS) is 12.6. The molecule has 10 aromatic rings. The van der Waals surface area contributed by atoms with Crippen molar-refractivity contribution < 1.29 is 0 Å². The van der Waals surface area contributed by atoms with Crippen LogP contribution in [0.4, 0.5) is 17.1 Å². The summed E-state index contributed by atoms with van der Waals surface area (Å²) in [7, 11) is 0. The summed E-state index contributed by atoms with van der Waals surface area (Å²) < 4.78 is 2.48. The molecule has 2 heteroatoms. The number of aromatic nitrogens is 1. The van der Waals surface area contributed by atoms with E-state index in [0.717, 1.165) is 23.5 Å². The summed E-state index contributed by atoms with van der Waals surface area (Å²) in [6, 6.07) is 75.1. The third-order valence-corrected chi connectivity index (χ3v) is 16.0. The van der Waals surface area contributed by atoms with Gasteiger partial charge in [0.2, 0.25) is 0 Å². The fourth-order valence-corrected chi connectivity index (χ4v) is 11.9. The van der Waals surface area contributed by atoms with Crippen LogP contribution >= 0.6 is 0 Å². The minimum Gasteiger partial charge on any atom is -0.310 e. The van der Waals surface area contributed by atoms with E-state index in [1.165, 1.54) is 164 Å². The predicted molar refractivity (Wildman–Crippen MR) is 314 cm³/mol. The Labute approximate surface area is 435 Å². The lowest BCUT2D eigenvalue weighted by Gasteiger charge is -2.28. The second kappa shape index (κ2) is 21.0. The monoisotopic (exact) mass is 951 g/mol. The predicted octanol–water partition coefficient (Wildman–Crippen LogP) is 20.6. The summed E-state index contributed by atoms with van der Waals surface area (Å²) >= 11 is 0. The van der Waals surface area contributed by atoms with Crippen LogP contribution in [0.25, 0.3) is 72.0 Å². The first-order valence-corrected chi connectivity index (χ1v) is 27.3. The Morgan fingerprint density at radius 3 is 1.70 bits per heavy atom. The van der Waals surface area contributed by atoms with E-state index in [2.05, 4.69) is 244 Å². The van der Waals surface area contributed by atoms with E-state index >= 15 is 0 Å². The Morgan fingerprint density at radius 2 is 0.959 bits per heavy atom. The van der Waals surface area contributed by atoms with Crippen LogP contribution in [0.1, 0.15) is 113 Å². The van der Waals surface area contributed by atoms with Crippen molar-refractivity contribution in [2.45, 2.75) is 111 Å². The molecule has 0 bridgehead atoms. The molecular formula is C71H70N2. The van der Waals surface area contributed by atoms with Gasteiger partial charge in [0.1, 0.15) is 0 Å². The van der Waals surface area contributed by atoms with Gasteiger partial charge in [-0.25, -0.2) is 0 Å². The van der Waals surface area contributed by atoms with Crippen LogP contribution in [0.5, 0.6) is 0 Å². The molecule has 1 aliphatic carbocycles. The third-order valence-electron chi connectivity index (χ3n) is 16.0. The van der Waals surface area contributed by atoms with Gasteiger partial charge in [-0.1, -0.05) is 212 Å². The lowest BCUT2D eigenvalue weighted by molar-refractivity contribution is 0.556. The van der Waals surface area contributed by atoms with Crippen molar-refractivity contribution in [3.63, 3.8) is 0 Å². The average Bonchev–Trinajstić information content (AvgIpc) is 3.88. The van der Waals surface area contributed by atoms with E-state index in [4.69, 9.17) is 0 Å². The van der Waals surface area contributed by atoms with Gasteiger partial charge in [-0.3, -0.25) is 0 Å². The molecule has 0 radical (unpaired) electrons. The lowest BCUT2D eigenvalue weighted by atomic mass is 9.82. The Balaban J connectivity index is 0.888. The molecule has 0 N–H and O–H groups in total. The number of fused-ring (bicyclic) bond motifs is 6. The van der Waals surface area contributed by atoms with Crippen LogP contribution in [0.2, 0.25) is 0 Å². The summed E-state index contributed by atoms with van der Waals surface area (Å²) in [5, 5.41) is 2.52. The van der Waals surface area contributed by atoms with Crippen molar-refractivity contribution in [2.75, 3.05) is 4.90 Å². The first-order valence-electron chi connectivity index (χ1n) is 27.3. The second-order valence-corrected chi connectivity index (χ2v) is 21.4. The highest BCUT2D eigenvalue weighted by molar-refractivity contribution is 6.10. The molecule has 0 fully saturated rings. The van der Waals surface area contributed by atoms with E-state index in [1.54, 1.807) is 0 Å². The highest BCUT2D eigenvalue weighted by Crippen LogP contribution is 2.51. The zero-order valence-corrected chi connectivity index (χ0v) is 43.7. The van der Waals surface area contributed by atoms with E-state index < -0.39 is 0 Å². The Hall–Kier alpha value is -7.42. The molecule has 0 amide bonds. The highest BCUT2D eigenvalue weighted by Gasteiger charge is 2.35. The molecule has 2 nitrogen and oxygen atoms in total. The van der Waals surface area contributed by atoms with Crippen LogP contribution in [0.15, 0.2) is 200 Å². The fourth-order valence-electron chi connectivity index (χ4n) is 11.9. The smallest absolute Gasteiger partial charge is 0.0541 e. The molecule has 0 atom stereocenters. The number of rotatable bonds is 18. The molecule has 1 heterocycles. The number of aryl methyl sites for hydroxylation is 3. The minimum absolute atomic E-state index is 0.102. The lowest BCUT2D eigenvalue weighted by Crippen LogP contribution is -2.16. The van der Waals surface area contributed by atoms with Gasteiger partial charge in [-0.05, 0) is 166 Å². The number of nitrogens with zero attached hydrogens (tertiary/aromatic N) is 2. The van der Waals surface area contributed by atoms with Gasteiger partial charge in [0.25, 0.3) is 0 Å². The van der Waals surface area contributed by atoms with Crippen molar-refractivity contribution in [3.8, 4) is 50.2 Å². The van der Waals surface area contributed by atoms with E-state index in [-0.39, 0.29) is 5.41 Å². The number of para-hydroxylation sites is 1. The van der Waals surface area contributed by atoms with Gasteiger partial charge >= 0.3 is 0 Å². The third kappa shape index (κ3) is 9.69. The van der Waals surface area contributed by atoms with Crippen LogP contribution < -0.4 is 4.90 Å². The fraction of sp³-hybridized carbons (Fsp3) is 0.239. The topological polar surface area (TPSA) is 8.17 Å². The molecule has 0 saturated carbocycles. The molecule has 1 aromatic heterocycles. The molecule has 9 aromatic carbocycles. The summed E-state index contributed by atoms with van der Waals surface area (Å²) in [5.41, 5.74) is 23.9. The van der Waals surface area contributed by atoms with E-state index in [0.29, 0.717) is 0 Å². The molecular weight excluding hydrogens is 881 g/mol. The zero-order chi connectivity index (χ0) is 49.9. The quantitative estimate of drug-likeness (QED) is 0.0778. The van der Waals surface area contributed by atoms with Gasteiger partial charge in [0.05, 0.1) is 11.0 Å². The maximum absolute atomic E-state index is 2.48. The van der Waals surface area contributed by atoms with Crippen molar-refractivity contribution in [2.24, 2.45) is 0 Å². The summed E-state index contributed by atoms with van der Waals surface area (Å²) in [4.78, 5) is 2.42. The number of hydrogen-bond donors (Lipinski definition) is 0. The Morgan fingerprint density at radius 1 is 0.397 bits per heavy atom. The first-order chi connectivity index (χ1) is 35.7. The second-order valence-electron chi connectivity index (χ2n) is 21.4. The minimum atomic E-state index is -0.102. The SMILES string of the molecule is CCCCCCCCCCCCc1cc(-c2cc(C)cc(-n3c4ccccc4c4cc(-c5ccc(N(c6ccc(-c7ccccc7)cc6)c6ccc7c(c6)C(C)(C)c6ccccc6-7)cc5)ccc43)c2)ccc1C. The van der Waals surface area contributed by atoms with Crippen LogP contribution in [0, 0.1) is 13.8 Å². The van der Waals surface area contributed by atoms with Gasteiger partial charge < -0.3 is 9.47 Å². The zero-order valence-electron chi connectivity index (χ0n) is 43.7. The van der Waals surface area contributed by atoms with Crippen molar-refractivity contribution >= 4 is 38.9 Å². The standard InChI is InChI=1S/C71H70N2/c1-6-7-8-9-10-11-12-13-14-16-25-55-46-56(31-30-51(55)3)58-44-50(2)45-62(47-58)73-69-29-22-20-27-65(69)66-48-57(36-43-70(66)73)54-34-39-60(40-35-54)72(59-37-32-53(33-38-59)52-23-17-15-18-24-52)61-41-42-64-63-26-19-21-28-67(63)71(4,5)68(64)49-61/h15,17-24,26-49H,6-14,16,25H2,1-5H3. The van der Waals surface area contributed by atoms with Gasteiger partial charge in [-0.2, -0.15) is 0 Å². The molecule has 0 spiro atoms. The van der Waals surface area contributed by atoms with Crippen LogP contribution in [-0.2, 0) is 11.8 Å². The van der Waals surface area contributed by atoms with Gasteiger partial charge in [-0.15, -0.1) is 0 Å². The highest BCUT2D eigenvalue weighted by atomic mass is 15.1. The Bertz CT molecular complexity index is 3530. The first kappa shape index (κ1) is 47.9. The van der Waals surface area contributed by atoms with E-state index in [1.807, 2.05) is 0 Å². The van der Waals surface area contributed by atoms with Crippen molar-refractivity contribution in [1.29, 1.82) is 0 Å². The molecule has 0 unspecified atom stereocenters. The summed E-state index contributed by atoms with van der Waals surface area (Å²) in [5.74, 6) is 0. The van der Waals surface area contributed by atoms with Crippen LogP contribution in [-0.4, -0.2) is 4.57 Å². The Kier molecular flexibility index (Phi) is 13.8. The average molecular weight is 951 g/mol. The number of anilines is 3. The molecule has 364 valence electrons. The number of hydrogen-bond acceptors (Lipinski definition) is 1. The van der Waals surface area contributed by atoms with Gasteiger partial charge in [0.15, 0.2) is 0 Å². The summed E-state index contributed by atoms with van der Waals surface area (Å²) in [6.07, 6.45) is 14.8. The van der Waals surface area contributed by atoms with Crippen LogP contribution in [0.3, 0.4) is 0 Å². The number of benzene rings is 9. The van der Waals surface area contributed by atoms with E-state index in [9.17, 15) is 0 Å². The molecule has 11 rings (SSSR count). The largest absolute Gasteiger partial charge is 0.310 e. The van der Waals surface area contributed by atoms with Crippen molar-refractivity contribution in [1.82, 2.24) is 4.57 Å². The maximum atomic E-state index is 2.48. The molecule has 1 aliphatic rings. The maximum Gasteiger partial charge on any atom is 0.0541 e. The molecule has 0 aliphatic heterocycles.